The first kappa shape index (κ1) is 111. The standard InChI is InChI=1S/C67H111N5O58S3/c1-16(79)68-31-21(84)6-67(66(100)101,129-53(31)36(86)22(85)7-73)130-57-41(91)27(12-78)118-65(48(57)98)124-51-30(15-113-133(108,109)110)121-60(34(44(51)94)71-19(4)82)127-55-39(89)25(10-76)116-63(46(55)96)122-49-28(13-111-131(102,103)104)119-59(32(42(49)92)69-17(2)80)126-54-38(88)24(9-75)115-62(45(54)95)123-50-29(14-112-132(105,106)107)120-61(33(43(50)93)70-18(3)81)128-56-40(90)26(11-77)117-64(47(56)97)125-52-35(72-20(5)83)58(99)114-23(8-74)37(52)87/h21-65,73-78,84-99H,6-15H2,1-5H3,(H,68,79)(H,69,80)(H,70,81)(H,71,82)(H,72,83)(H,100,101)(H,102,103,104)(H,105,106,107)(H,108,109,110)/t21-,22+,23+,24+,25+,26+,27+,28+,29+,30+,31+,32+,33+,34+,35+,36+,37-,38-,39-,40-,41-,42+,43+,44+,45+,46+,47+,48+,49+,50+,51+,52+,53+,54-,55-,56-,57-,58+,59-,60-,61-,62-,63-,64-,65-,67-/m0/s1. The molecule has 0 spiro atoms. The van der Waals surface area contributed by atoms with E-state index in [9.17, 15) is 185 Å². The molecule has 0 aromatic carbocycles. The van der Waals surface area contributed by atoms with Crippen molar-refractivity contribution in [2.24, 2.45) is 0 Å². The monoisotopic (exact) mass is 2010 g/mol. The molecule has 46 atom stereocenters. The summed E-state index contributed by atoms with van der Waals surface area (Å²) in [5.41, 5.74) is 0. The van der Waals surface area contributed by atoms with Crippen molar-refractivity contribution in [3.05, 3.63) is 0 Å². The Morgan fingerprint density at radius 1 is 0.338 bits per heavy atom. The lowest BCUT2D eigenvalue weighted by Crippen LogP contribution is -2.71. The van der Waals surface area contributed by atoms with Crippen molar-refractivity contribution in [1.82, 2.24) is 26.6 Å². The summed E-state index contributed by atoms with van der Waals surface area (Å²) < 4.78 is 215. The number of ether oxygens (including phenoxy) is 17. The Morgan fingerprint density at radius 2 is 0.594 bits per heavy atom. The van der Waals surface area contributed by atoms with Crippen LogP contribution in [0.1, 0.15) is 41.0 Å². The second-order valence-corrected chi connectivity index (χ2v) is 35.1. The zero-order valence-electron chi connectivity index (χ0n) is 70.0. The maximum atomic E-state index is 13.3. The third kappa shape index (κ3) is 27.2. The third-order valence-corrected chi connectivity index (χ3v) is 23.7. The van der Waals surface area contributed by atoms with Gasteiger partial charge in [-0.25, -0.2) is 17.3 Å². The van der Waals surface area contributed by atoms with Crippen LogP contribution in [-0.4, -0.2) is 533 Å². The van der Waals surface area contributed by atoms with Crippen molar-refractivity contribution in [2.75, 3.05) is 59.5 Å². The summed E-state index contributed by atoms with van der Waals surface area (Å²) >= 11 is 0. The average molecular weight is 2010 g/mol. The molecule has 31 N–H and O–H groups in total. The normalized spacial score (nSPS) is 43.8. The highest BCUT2D eigenvalue weighted by Crippen LogP contribution is 2.43. The van der Waals surface area contributed by atoms with Gasteiger partial charge in [-0.2, -0.15) is 25.3 Å². The molecule has 0 radical (unpaired) electrons. The fourth-order valence-corrected chi connectivity index (χ4v) is 17.0. The average Bonchev–Trinajstić information content (AvgIpc) is 0.750. The molecule has 0 saturated carbocycles. The van der Waals surface area contributed by atoms with E-state index in [4.69, 9.17) is 80.5 Å². The van der Waals surface area contributed by atoms with Crippen LogP contribution in [-0.2, 0) is 153 Å². The van der Waals surface area contributed by atoms with Crippen LogP contribution in [0.5, 0.6) is 0 Å². The van der Waals surface area contributed by atoms with Gasteiger partial charge in [-0.05, 0) is 0 Å². The van der Waals surface area contributed by atoms with E-state index in [2.05, 4.69) is 39.1 Å². The molecule has 133 heavy (non-hydrogen) atoms. The number of carboxylic acids is 1. The van der Waals surface area contributed by atoms with Gasteiger partial charge >= 0.3 is 37.2 Å². The molecule has 9 aliphatic rings. The number of rotatable bonds is 39. The molecule has 63 nitrogen and oxygen atoms in total. The van der Waals surface area contributed by atoms with Gasteiger partial charge in [0.2, 0.25) is 29.5 Å². The van der Waals surface area contributed by atoms with Crippen LogP contribution < -0.4 is 26.6 Å². The van der Waals surface area contributed by atoms with Gasteiger partial charge in [-0.15, -0.1) is 0 Å². The maximum absolute atomic E-state index is 13.3. The quantitative estimate of drug-likeness (QED) is 0.0254. The Labute approximate surface area is 751 Å². The molecule has 9 saturated heterocycles. The third-order valence-electron chi connectivity index (χ3n) is 22.4. The first-order valence-electron chi connectivity index (χ1n) is 40.2. The minimum absolute atomic E-state index is 0.773. The zero-order valence-corrected chi connectivity index (χ0v) is 72.4. The topological polar surface area (TPSA) is 976 Å². The van der Waals surface area contributed by atoms with Gasteiger partial charge in [0, 0.05) is 41.0 Å². The fraction of sp³-hybridized carbons (Fsp3) is 0.910. The Morgan fingerprint density at radius 3 is 0.880 bits per heavy atom. The zero-order chi connectivity index (χ0) is 99.2. The van der Waals surface area contributed by atoms with Gasteiger partial charge in [0.15, 0.2) is 50.3 Å². The minimum atomic E-state index is -5.70. The number of carbonyl (C=O) groups excluding carboxylic acids is 5. The summed E-state index contributed by atoms with van der Waals surface area (Å²) in [5, 5.41) is 270. The molecule has 9 aliphatic heterocycles. The summed E-state index contributed by atoms with van der Waals surface area (Å²) in [7, 11) is -17.0. The Kier molecular flexibility index (Phi) is 39.4. The van der Waals surface area contributed by atoms with E-state index in [-0.39, 0.29) is 0 Å². The molecule has 66 heteroatoms. The van der Waals surface area contributed by atoms with Crippen LogP contribution in [0.15, 0.2) is 0 Å². The molecule has 0 aliphatic carbocycles. The molecule has 9 rings (SSSR count). The molecule has 9 heterocycles. The minimum Gasteiger partial charge on any atom is -0.477 e. The summed E-state index contributed by atoms with van der Waals surface area (Å²) in [6, 6.07) is -10.3. The number of aliphatic carboxylic acids is 1. The molecule has 770 valence electrons. The summed E-state index contributed by atoms with van der Waals surface area (Å²) in [5.74, 6) is -10.8. The summed E-state index contributed by atoms with van der Waals surface area (Å²) in [4.78, 5) is 77.1. The van der Waals surface area contributed by atoms with Crippen LogP contribution in [0.3, 0.4) is 0 Å². The van der Waals surface area contributed by atoms with Crippen LogP contribution in [0.4, 0.5) is 0 Å². The number of aliphatic hydroxyl groups is 22. The predicted octanol–water partition coefficient (Wildman–Crippen LogP) is -21.2. The number of carbonyl (C=O) groups is 6. The number of hydrogen-bond acceptors (Lipinski definition) is 54. The van der Waals surface area contributed by atoms with E-state index in [1.54, 1.807) is 0 Å². The molecule has 0 aromatic rings. The number of amides is 5. The van der Waals surface area contributed by atoms with E-state index in [0.29, 0.717) is 0 Å². The van der Waals surface area contributed by atoms with Crippen molar-refractivity contribution in [2.45, 2.75) is 323 Å². The van der Waals surface area contributed by atoms with Gasteiger partial charge in [0.05, 0.1) is 71.6 Å². The molecule has 0 aromatic heterocycles. The predicted molar refractivity (Wildman–Crippen MR) is 403 cm³/mol. The molecule has 0 unspecified atom stereocenters. The van der Waals surface area contributed by atoms with Crippen molar-refractivity contribution in [1.29, 1.82) is 0 Å². The van der Waals surface area contributed by atoms with Gasteiger partial charge in [-0.1, -0.05) is 0 Å². The molecular formula is C67H111N5O58S3. The lowest BCUT2D eigenvalue weighted by Gasteiger charge is -2.51. The second-order valence-electron chi connectivity index (χ2n) is 31.9. The van der Waals surface area contributed by atoms with Crippen LogP contribution >= 0.6 is 0 Å². The van der Waals surface area contributed by atoms with Crippen molar-refractivity contribution in [3.8, 4) is 0 Å². The molecule has 5 amide bonds. The Hall–Kier alpha value is -5.13. The van der Waals surface area contributed by atoms with Gasteiger partial charge in [0.25, 0.3) is 5.79 Å². The van der Waals surface area contributed by atoms with E-state index in [1.165, 1.54) is 0 Å². The Bertz CT molecular complexity index is 4190. The van der Waals surface area contributed by atoms with Crippen molar-refractivity contribution < 1.29 is 278 Å². The number of hydrogen-bond donors (Lipinski definition) is 31. The maximum Gasteiger partial charge on any atom is 0.397 e. The first-order chi connectivity index (χ1) is 62.0. The van der Waals surface area contributed by atoms with Crippen molar-refractivity contribution >= 4 is 66.7 Å². The summed E-state index contributed by atoms with van der Waals surface area (Å²) in [6.07, 6.45) is -95.4. The number of carboxylic acid groups (broad SMARTS) is 1. The van der Waals surface area contributed by atoms with E-state index >= 15 is 0 Å². The highest BCUT2D eigenvalue weighted by atomic mass is 32.3. The lowest BCUT2D eigenvalue weighted by atomic mass is 9.88. The van der Waals surface area contributed by atoms with Gasteiger partial charge in [-0.3, -0.25) is 37.6 Å². The van der Waals surface area contributed by atoms with Crippen LogP contribution in [0.25, 0.3) is 0 Å². The van der Waals surface area contributed by atoms with Crippen molar-refractivity contribution in [3.63, 3.8) is 0 Å². The molecule has 0 bridgehead atoms. The van der Waals surface area contributed by atoms with Crippen LogP contribution in [0.2, 0.25) is 0 Å². The molecule has 9 fully saturated rings. The van der Waals surface area contributed by atoms with Gasteiger partial charge in [0.1, 0.15) is 213 Å². The smallest absolute Gasteiger partial charge is 0.397 e. The van der Waals surface area contributed by atoms with Crippen LogP contribution in [0, 0.1) is 0 Å². The van der Waals surface area contributed by atoms with E-state index in [1.807, 2.05) is 0 Å². The largest absolute Gasteiger partial charge is 0.477 e. The lowest BCUT2D eigenvalue weighted by molar-refractivity contribution is -0.391. The second kappa shape index (κ2) is 47.0. The highest BCUT2D eigenvalue weighted by Gasteiger charge is 2.64. The summed E-state index contributed by atoms with van der Waals surface area (Å²) in [6.45, 7) is -7.89. The first-order valence-corrected chi connectivity index (χ1v) is 44.3. The van der Waals surface area contributed by atoms with Gasteiger partial charge < -0.3 is 225 Å². The fourth-order valence-electron chi connectivity index (χ4n) is 16.1. The SMILES string of the molecule is CC(=O)N[C@@H]1[C@@H](O[C@@H]2O[C@H](CO)[C@H](O)[C@H](O[C@@H]3O[C@H](COS(=O)(=O)O)[C@@H](O[C@@H]4O[C@H](CO)[C@H](O)[C@H](O[C@@H]5O[C@H](COS(=O)(=O)O)[C@@H](O[C@@H]6O[C@H](CO)[C@H](O)[C@H](O[C@@H]7O[C@H](COS(=O)(=O)O)[C@@H](O[C@@H]8O[C@H](CO)[C@H](O)[C@H](O[C@]9(C(=O)O)C[C@H](O)[C@@H](NC(C)=O)[C@H]([C@H](O)[C@H](O)CO)O9)[C@H]8O)[C@H](O)[C@H]7NC(C)=O)[C@H]6O)[C@H](O)[C@H]5NC(C)=O)[C@H]4O)[C@H](O)[C@H]3NC(C)=O)[C@H]2O)[C@@H](O)[C@@H](CO)O[C@H]1O. The highest BCUT2D eigenvalue weighted by molar-refractivity contribution is 7.81. The molecular weight excluding hydrogens is 1900 g/mol. The van der Waals surface area contributed by atoms with E-state index < -0.39 is 414 Å². The van der Waals surface area contributed by atoms with E-state index in [0.717, 1.165) is 34.6 Å². The number of nitrogens with one attached hydrogen (secondary N) is 5. The Balaban J connectivity index is 0.980. The number of aliphatic hydroxyl groups excluding tert-OH is 22.